The third-order valence-electron chi connectivity index (χ3n) is 1.94. The Morgan fingerprint density at radius 1 is 1.33 bits per heavy atom. The normalized spacial score (nSPS) is 15.9. The van der Waals surface area contributed by atoms with E-state index in [9.17, 15) is 17.6 Å². The van der Waals surface area contributed by atoms with E-state index in [1.807, 2.05) is 0 Å². The Kier molecular flexibility index (Phi) is 5.87. The standard InChI is InChI=1S/C10H19ClFNO4S/c1-9(2,3)17-8(14)13-10(4,5-6-12)7-18(11,15)16/h5-7H2,1-4H3,(H,13,14). The van der Waals surface area contributed by atoms with E-state index in [1.165, 1.54) is 6.92 Å². The maximum atomic E-state index is 12.4. The number of alkyl halides is 1. The molecule has 0 bridgehead atoms. The maximum Gasteiger partial charge on any atom is 0.408 e. The number of hydrogen-bond donors (Lipinski definition) is 1. The average Bonchev–Trinajstić information content (AvgIpc) is 1.93. The molecule has 0 spiro atoms. The van der Waals surface area contributed by atoms with E-state index in [0.29, 0.717) is 0 Å². The minimum absolute atomic E-state index is 0.168. The van der Waals surface area contributed by atoms with Gasteiger partial charge in [0.1, 0.15) is 5.60 Å². The van der Waals surface area contributed by atoms with Gasteiger partial charge < -0.3 is 10.1 Å². The number of hydrogen-bond acceptors (Lipinski definition) is 4. The van der Waals surface area contributed by atoms with Gasteiger partial charge in [-0.2, -0.15) is 0 Å². The van der Waals surface area contributed by atoms with E-state index >= 15 is 0 Å². The molecule has 0 aliphatic rings. The van der Waals surface area contributed by atoms with Gasteiger partial charge in [-0.15, -0.1) is 0 Å². The molecule has 1 amide bonds. The van der Waals surface area contributed by atoms with Crippen molar-refractivity contribution in [3.8, 4) is 0 Å². The quantitative estimate of drug-likeness (QED) is 0.790. The number of amides is 1. The third kappa shape index (κ3) is 8.52. The van der Waals surface area contributed by atoms with E-state index in [2.05, 4.69) is 5.32 Å². The fourth-order valence-electron chi connectivity index (χ4n) is 1.31. The number of halogens is 2. The molecule has 0 saturated heterocycles. The molecular weight excluding hydrogens is 285 g/mol. The molecular formula is C10H19ClFNO4S. The second kappa shape index (κ2) is 6.06. The largest absolute Gasteiger partial charge is 0.444 e. The van der Waals surface area contributed by atoms with Crippen LogP contribution in [0, 0.1) is 0 Å². The molecule has 1 atom stereocenters. The molecule has 0 aliphatic heterocycles. The SMILES string of the molecule is CC(CCF)(CS(=O)(=O)Cl)NC(=O)OC(C)(C)C. The van der Waals surface area contributed by atoms with Gasteiger partial charge in [0.05, 0.1) is 18.0 Å². The zero-order valence-electron chi connectivity index (χ0n) is 10.9. The Bertz CT molecular complexity index is 393. The van der Waals surface area contributed by atoms with Crippen LogP contribution in [0.15, 0.2) is 0 Å². The number of carbonyl (C=O) groups is 1. The van der Waals surface area contributed by atoms with Crippen molar-refractivity contribution < 1.29 is 22.3 Å². The molecule has 18 heavy (non-hydrogen) atoms. The van der Waals surface area contributed by atoms with Crippen molar-refractivity contribution in [2.45, 2.75) is 45.3 Å². The van der Waals surface area contributed by atoms with Gasteiger partial charge in [-0.25, -0.2) is 13.2 Å². The molecule has 5 nitrogen and oxygen atoms in total. The molecule has 0 heterocycles. The van der Waals surface area contributed by atoms with Gasteiger partial charge in [-0.05, 0) is 34.1 Å². The molecule has 1 unspecified atom stereocenters. The number of alkyl carbamates (subject to hydrolysis) is 1. The van der Waals surface area contributed by atoms with Gasteiger partial charge in [0.2, 0.25) is 9.05 Å². The van der Waals surface area contributed by atoms with Gasteiger partial charge in [-0.3, -0.25) is 4.39 Å². The molecule has 108 valence electrons. The van der Waals surface area contributed by atoms with Crippen LogP contribution in [0.5, 0.6) is 0 Å². The molecule has 0 aromatic heterocycles. The average molecular weight is 304 g/mol. The van der Waals surface area contributed by atoms with Gasteiger partial charge in [0, 0.05) is 10.7 Å². The molecule has 0 radical (unpaired) electrons. The summed E-state index contributed by atoms with van der Waals surface area (Å²) in [5.41, 5.74) is -2.02. The van der Waals surface area contributed by atoms with Crippen molar-refractivity contribution in [3.63, 3.8) is 0 Å². The van der Waals surface area contributed by atoms with Crippen molar-refractivity contribution in [3.05, 3.63) is 0 Å². The summed E-state index contributed by atoms with van der Waals surface area (Å²) in [4.78, 5) is 11.5. The molecule has 0 aromatic rings. The monoisotopic (exact) mass is 303 g/mol. The maximum absolute atomic E-state index is 12.4. The fourth-order valence-corrected chi connectivity index (χ4v) is 3.01. The van der Waals surface area contributed by atoms with Crippen molar-refractivity contribution in [2.75, 3.05) is 12.4 Å². The van der Waals surface area contributed by atoms with Crippen LogP contribution >= 0.6 is 10.7 Å². The summed E-state index contributed by atoms with van der Waals surface area (Å²) in [7, 11) is 1.27. The van der Waals surface area contributed by atoms with Crippen LogP contribution in [-0.4, -0.2) is 38.1 Å². The van der Waals surface area contributed by atoms with Crippen molar-refractivity contribution >= 4 is 25.8 Å². The Balaban J connectivity index is 4.76. The predicted octanol–water partition coefficient (Wildman–Crippen LogP) is 2.20. The number of nitrogens with one attached hydrogen (secondary N) is 1. The van der Waals surface area contributed by atoms with E-state index < -0.39 is 38.7 Å². The van der Waals surface area contributed by atoms with Gasteiger partial charge >= 0.3 is 6.09 Å². The second-order valence-corrected chi connectivity index (χ2v) is 8.09. The van der Waals surface area contributed by atoms with Crippen LogP contribution in [0.4, 0.5) is 9.18 Å². The lowest BCUT2D eigenvalue weighted by Gasteiger charge is -2.30. The smallest absolute Gasteiger partial charge is 0.408 e. The Hall–Kier alpha value is -0.560. The van der Waals surface area contributed by atoms with Gasteiger partial charge in [-0.1, -0.05) is 0 Å². The molecule has 1 N–H and O–H groups in total. The zero-order chi connectivity index (χ0) is 14.6. The van der Waals surface area contributed by atoms with Crippen LogP contribution < -0.4 is 5.32 Å². The van der Waals surface area contributed by atoms with E-state index in [0.717, 1.165) is 0 Å². The van der Waals surface area contributed by atoms with Crippen molar-refractivity contribution in [1.82, 2.24) is 5.32 Å². The highest BCUT2D eigenvalue weighted by atomic mass is 35.7. The number of ether oxygens (including phenoxy) is 1. The van der Waals surface area contributed by atoms with Crippen LogP contribution in [-0.2, 0) is 13.8 Å². The first kappa shape index (κ1) is 17.4. The Morgan fingerprint density at radius 3 is 2.17 bits per heavy atom. The topological polar surface area (TPSA) is 72.5 Å². The summed E-state index contributed by atoms with van der Waals surface area (Å²) in [6.45, 7) is 5.61. The third-order valence-corrected chi connectivity index (χ3v) is 3.25. The van der Waals surface area contributed by atoms with Crippen molar-refractivity contribution in [1.29, 1.82) is 0 Å². The predicted molar refractivity (Wildman–Crippen MR) is 68.0 cm³/mol. The molecule has 0 rings (SSSR count). The Labute approximate surface area is 111 Å². The highest BCUT2D eigenvalue weighted by Crippen LogP contribution is 2.17. The minimum Gasteiger partial charge on any atom is -0.444 e. The summed E-state index contributed by atoms with van der Waals surface area (Å²) in [5.74, 6) is -0.565. The summed E-state index contributed by atoms with van der Waals surface area (Å²) in [6, 6.07) is 0. The minimum atomic E-state index is -3.86. The molecule has 0 saturated carbocycles. The second-order valence-electron chi connectivity index (χ2n) is 5.31. The molecule has 8 heteroatoms. The lowest BCUT2D eigenvalue weighted by Crippen LogP contribution is -2.51. The zero-order valence-corrected chi connectivity index (χ0v) is 12.5. The summed E-state index contributed by atoms with van der Waals surface area (Å²) in [5, 5.41) is 2.34. The van der Waals surface area contributed by atoms with Gasteiger partial charge in [0.15, 0.2) is 0 Å². The number of carbonyl (C=O) groups excluding carboxylic acids is 1. The fraction of sp³-hybridized carbons (Fsp3) is 0.900. The summed E-state index contributed by atoms with van der Waals surface area (Å²) >= 11 is 0. The first-order valence-electron chi connectivity index (χ1n) is 5.36. The molecule has 0 fully saturated rings. The summed E-state index contributed by atoms with van der Waals surface area (Å²) in [6.07, 6.45) is -0.975. The van der Waals surface area contributed by atoms with Crippen LogP contribution in [0.3, 0.4) is 0 Å². The highest BCUT2D eigenvalue weighted by Gasteiger charge is 2.33. The lowest BCUT2D eigenvalue weighted by atomic mass is 10.0. The van der Waals surface area contributed by atoms with Crippen LogP contribution in [0.25, 0.3) is 0 Å². The van der Waals surface area contributed by atoms with E-state index in [-0.39, 0.29) is 6.42 Å². The van der Waals surface area contributed by atoms with Crippen LogP contribution in [0.1, 0.15) is 34.1 Å². The van der Waals surface area contributed by atoms with Crippen molar-refractivity contribution in [2.24, 2.45) is 0 Å². The van der Waals surface area contributed by atoms with Gasteiger partial charge in [0.25, 0.3) is 0 Å². The lowest BCUT2D eigenvalue weighted by molar-refractivity contribution is 0.0467. The first-order chi connectivity index (χ1) is 7.87. The molecule has 0 aromatic carbocycles. The van der Waals surface area contributed by atoms with Crippen LogP contribution in [0.2, 0.25) is 0 Å². The van der Waals surface area contributed by atoms with E-state index in [1.54, 1.807) is 20.8 Å². The first-order valence-corrected chi connectivity index (χ1v) is 7.84. The number of rotatable bonds is 5. The highest BCUT2D eigenvalue weighted by molar-refractivity contribution is 8.13. The molecule has 0 aliphatic carbocycles. The van der Waals surface area contributed by atoms with E-state index in [4.69, 9.17) is 15.4 Å². The Morgan fingerprint density at radius 2 is 1.83 bits per heavy atom. The summed E-state index contributed by atoms with van der Waals surface area (Å²) < 4.78 is 39.5.